The Kier molecular flexibility index (Phi) is 3.14. The highest BCUT2D eigenvalue weighted by Crippen LogP contribution is 2.33. The lowest BCUT2D eigenvalue weighted by Gasteiger charge is -2.16. The van der Waals surface area contributed by atoms with Crippen molar-refractivity contribution in [2.75, 3.05) is 11.4 Å². The number of anilines is 1. The van der Waals surface area contributed by atoms with Crippen molar-refractivity contribution in [3.63, 3.8) is 0 Å². The number of furan rings is 1. The first-order valence-corrected chi connectivity index (χ1v) is 9.46. The fraction of sp³-hybridized carbons (Fsp3) is 0.188. The summed E-state index contributed by atoms with van der Waals surface area (Å²) < 4.78 is 28.7. The van der Waals surface area contributed by atoms with E-state index in [4.69, 9.17) is 15.1 Å². The largest absolute Gasteiger partial charge is 0.456 e. The molecule has 0 spiro atoms. The molecule has 118 valence electrons. The van der Waals surface area contributed by atoms with Gasteiger partial charge in [-0.25, -0.2) is 8.42 Å². The van der Waals surface area contributed by atoms with E-state index in [-0.39, 0.29) is 18.9 Å². The van der Waals surface area contributed by atoms with Gasteiger partial charge in [-0.3, -0.25) is 4.79 Å². The minimum atomic E-state index is -3.75. The lowest BCUT2D eigenvalue weighted by Crippen LogP contribution is -2.26. The standard InChI is InChI=1S/C16H12ClNO4S/c17-23(20,21)11-8-16(19)18(9-11)10-5-6-15-13(7-10)12-3-1-2-4-14(12)22-15/h1-7,11H,8-9H2. The number of rotatable bonds is 2. The molecule has 0 saturated carbocycles. The zero-order chi connectivity index (χ0) is 16.2. The number of halogens is 1. The van der Waals surface area contributed by atoms with Crippen LogP contribution in [0.25, 0.3) is 21.9 Å². The van der Waals surface area contributed by atoms with Crippen LogP contribution in [0.4, 0.5) is 5.69 Å². The van der Waals surface area contributed by atoms with Gasteiger partial charge >= 0.3 is 0 Å². The Balaban J connectivity index is 1.80. The van der Waals surface area contributed by atoms with Crippen LogP contribution in [0, 0.1) is 0 Å². The highest BCUT2D eigenvalue weighted by Gasteiger charge is 2.38. The van der Waals surface area contributed by atoms with Gasteiger partial charge in [0.15, 0.2) is 0 Å². The molecule has 1 aliphatic heterocycles. The smallest absolute Gasteiger partial charge is 0.237 e. The van der Waals surface area contributed by atoms with Gasteiger partial charge in [-0.2, -0.15) is 0 Å². The van der Waals surface area contributed by atoms with E-state index < -0.39 is 14.3 Å². The third-order valence-electron chi connectivity index (χ3n) is 4.16. The van der Waals surface area contributed by atoms with Gasteiger partial charge < -0.3 is 9.32 Å². The molecule has 5 nitrogen and oxygen atoms in total. The number of nitrogens with zero attached hydrogens (tertiary/aromatic N) is 1. The van der Waals surface area contributed by atoms with Gasteiger partial charge in [0.1, 0.15) is 16.4 Å². The predicted octanol–water partition coefficient (Wildman–Crippen LogP) is 3.26. The van der Waals surface area contributed by atoms with Gasteiger partial charge in [0.25, 0.3) is 0 Å². The summed E-state index contributed by atoms with van der Waals surface area (Å²) in [6, 6.07) is 13.0. The molecule has 3 aromatic rings. The fourth-order valence-corrected chi connectivity index (χ4v) is 4.02. The summed E-state index contributed by atoms with van der Waals surface area (Å²) in [5, 5.41) is 0.981. The number of hydrogen-bond acceptors (Lipinski definition) is 4. The van der Waals surface area contributed by atoms with Crippen molar-refractivity contribution in [2.45, 2.75) is 11.7 Å². The summed E-state index contributed by atoms with van der Waals surface area (Å²) in [6.45, 7) is 0.0754. The number of hydrogen-bond donors (Lipinski definition) is 0. The third-order valence-corrected chi connectivity index (χ3v) is 6.03. The van der Waals surface area contributed by atoms with Gasteiger partial charge in [0.05, 0.1) is 0 Å². The van der Waals surface area contributed by atoms with Crippen LogP contribution in [0.15, 0.2) is 46.9 Å². The normalized spacial score (nSPS) is 19.1. The van der Waals surface area contributed by atoms with E-state index in [9.17, 15) is 13.2 Å². The first-order valence-electron chi connectivity index (χ1n) is 7.08. The maximum atomic E-state index is 12.1. The second-order valence-corrected chi connectivity index (χ2v) is 8.49. The number of carbonyl (C=O) groups excluding carboxylic acids is 1. The molecule has 23 heavy (non-hydrogen) atoms. The molecule has 1 unspecified atom stereocenters. The Morgan fingerprint density at radius 3 is 2.57 bits per heavy atom. The topological polar surface area (TPSA) is 67.6 Å². The summed E-state index contributed by atoms with van der Waals surface area (Å²) in [5.41, 5.74) is 2.15. The molecule has 4 rings (SSSR count). The van der Waals surface area contributed by atoms with Crippen LogP contribution < -0.4 is 4.90 Å². The molecule has 7 heteroatoms. The summed E-state index contributed by atoms with van der Waals surface area (Å²) >= 11 is 0. The quantitative estimate of drug-likeness (QED) is 0.666. The number of benzene rings is 2. The van der Waals surface area contributed by atoms with Crippen molar-refractivity contribution < 1.29 is 17.6 Å². The fourth-order valence-electron chi connectivity index (χ4n) is 2.99. The minimum Gasteiger partial charge on any atom is -0.456 e. The van der Waals surface area contributed by atoms with Gasteiger partial charge in [-0.1, -0.05) is 18.2 Å². The Morgan fingerprint density at radius 1 is 1.09 bits per heavy atom. The molecule has 1 saturated heterocycles. The van der Waals surface area contributed by atoms with Crippen molar-refractivity contribution in [2.24, 2.45) is 0 Å². The van der Waals surface area contributed by atoms with Crippen LogP contribution in [0.5, 0.6) is 0 Å². The molecular weight excluding hydrogens is 338 g/mol. The molecule has 0 radical (unpaired) electrons. The van der Waals surface area contributed by atoms with Crippen LogP contribution >= 0.6 is 10.7 Å². The zero-order valence-corrected chi connectivity index (χ0v) is 13.5. The van der Waals surface area contributed by atoms with Crippen molar-refractivity contribution in [3.05, 3.63) is 42.5 Å². The van der Waals surface area contributed by atoms with E-state index in [1.165, 1.54) is 4.90 Å². The molecule has 0 aliphatic carbocycles. The molecular formula is C16H12ClNO4S. The Hall–Kier alpha value is -2.05. The molecule has 2 heterocycles. The van der Waals surface area contributed by atoms with Crippen molar-refractivity contribution >= 4 is 53.3 Å². The van der Waals surface area contributed by atoms with Gasteiger partial charge in [-0.15, -0.1) is 0 Å². The summed E-state index contributed by atoms with van der Waals surface area (Å²) in [4.78, 5) is 13.6. The number of fused-ring (bicyclic) bond motifs is 3. The SMILES string of the molecule is O=C1CC(S(=O)(=O)Cl)CN1c1ccc2oc3ccccc3c2c1. The van der Waals surface area contributed by atoms with Gasteiger partial charge in [0, 0.05) is 40.1 Å². The second kappa shape index (κ2) is 4.97. The van der Waals surface area contributed by atoms with Crippen molar-refractivity contribution in [1.82, 2.24) is 0 Å². The number of carbonyl (C=O) groups is 1. The molecule has 1 atom stereocenters. The molecule has 1 aromatic heterocycles. The van der Waals surface area contributed by atoms with E-state index in [2.05, 4.69) is 0 Å². The highest BCUT2D eigenvalue weighted by molar-refractivity contribution is 8.14. The first-order chi connectivity index (χ1) is 10.9. The van der Waals surface area contributed by atoms with E-state index in [1.54, 1.807) is 12.1 Å². The van der Waals surface area contributed by atoms with E-state index >= 15 is 0 Å². The molecule has 2 aromatic carbocycles. The average Bonchev–Trinajstić information content (AvgIpc) is 3.07. The highest BCUT2D eigenvalue weighted by atomic mass is 35.7. The van der Waals surface area contributed by atoms with Crippen molar-refractivity contribution in [3.8, 4) is 0 Å². The Morgan fingerprint density at radius 2 is 1.83 bits per heavy atom. The van der Waals surface area contributed by atoms with E-state index in [0.717, 1.165) is 21.9 Å². The Bertz CT molecular complexity index is 1040. The summed E-state index contributed by atoms with van der Waals surface area (Å²) in [7, 11) is 1.64. The van der Waals surface area contributed by atoms with Crippen molar-refractivity contribution in [1.29, 1.82) is 0 Å². The molecule has 1 aliphatic rings. The second-order valence-electron chi connectivity index (χ2n) is 5.58. The van der Waals surface area contributed by atoms with Crippen LogP contribution in [-0.4, -0.2) is 26.1 Å². The molecule has 0 bridgehead atoms. The molecule has 1 fully saturated rings. The maximum absolute atomic E-state index is 12.1. The zero-order valence-electron chi connectivity index (χ0n) is 11.9. The minimum absolute atomic E-state index is 0.0754. The predicted molar refractivity (Wildman–Crippen MR) is 89.3 cm³/mol. The number of amides is 1. The van der Waals surface area contributed by atoms with Crippen LogP contribution in [0.3, 0.4) is 0 Å². The lowest BCUT2D eigenvalue weighted by molar-refractivity contribution is -0.117. The third kappa shape index (κ3) is 2.38. The lowest BCUT2D eigenvalue weighted by atomic mass is 10.1. The van der Waals surface area contributed by atoms with Crippen LogP contribution in [-0.2, 0) is 13.8 Å². The van der Waals surface area contributed by atoms with Gasteiger partial charge in [-0.05, 0) is 24.3 Å². The monoisotopic (exact) mass is 349 g/mol. The maximum Gasteiger partial charge on any atom is 0.237 e. The van der Waals surface area contributed by atoms with Gasteiger partial charge in [0.2, 0.25) is 15.0 Å². The number of para-hydroxylation sites is 1. The average molecular weight is 350 g/mol. The summed E-state index contributed by atoms with van der Waals surface area (Å²) in [6.07, 6.45) is -0.0873. The van der Waals surface area contributed by atoms with Crippen LogP contribution in [0.2, 0.25) is 0 Å². The molecule has 1 amide bonds. The van der Waals surface area contributed by atoms with E-state index in [0.29, 0.717) is 5.69 Å². The first kappa shape index (κ1) is 14.5. The molecule has 0 N–H and O–H groups in total. The van der Waals surface area contributed by atoms with E-state index in [1.807, 2.05) is 30.3 Å². The summed E-state index contributed by atoms with van der Waals surface area (Å²) in [5.74, 6) is -0.244. The Labute approximate surface area is 136 Å². The van der Waals surface area contributed by atoms with Crippen LogP contribution in [0.1, 0.15) is 6.42 Å².